The van der Waals surface area contributed by atoms with Gasteiger partial charge in [0, 0.05) is 11.3 Å². The summed E-state index contributed by atoms with van der Waals surface area (Å²) in [6.07, 6.45) is -4.68. The van der Waals surface area contributed by atoms with Crippen molar-refractivity contribution in [3.05, 3.63) is 52.8 Å². The molecular formula is C17H18F3N3O3. The molecule has 0 fully saturated rings. The Morgan fingerprint density at radius 1 is 1.23 bits per heavy atom. The smallest absolute Gasteiger partial charge is 0.408 e. The topological polar surface area (TPSA) is 84.2 Å². The van der Waals surface area contributed by atoms with E-state index in [2.05, 4.69) is 10.4 Å². The molecule has 1 atom stereocenters. The molecule has 2 N–H and O–H groups in total. The number of carbonyl (C=O) groups excluding carboxylic acids is 1. The minimum absolute atomic E-state index is 0.224. The largest absolute Gasteiger partial charge is 0.479 e. The first-order valence-corrected chi connectivity index (χ1v) is 7.75. The number of benzene rings is 1. The van der Waals surface area contributed by atoms with Gasteiger partial charge in [-0.1, -0.05) is 30.3 Å². The standard InChI is InChI=1S/C17H18F3N3O3/c1-10-13(11(2)23(22-10)9-17(18,19)20)8-14(24)21-15(16(25)26)12-6-4-3-5-7-12/h3-7,15H,8-9H2,1-2H3,(H,21,24)(H,25,26)/t15-/m1/s1. The van der Waals surface area contributed by atoms with Gasteiger partial charge in [-0.2, -0.15) is 18.3 Å². The fourth-order valence-corrected chi connectivity index (χ4v) is 2.62. The van der Waals surface area contributed by atoms with Crippen molar-refractivity contribution in [2.75, 3.05) is 0 Å². The number of aryl methyl sites for hydroxylation is 1. The van der Waals surface area contributed by atoms with Crippen molar-refractivity contribution >= 4 is 11.9 Å². The summed E-state index contributed by atoms with van der Waals surface area (Å²) in [6, 6.07) is 6.90. The van der Waals surface area contributed by atoms with Gasteiger partial charge >= 0.3 is 12.1 Å². The van der Waals surface area contributed by atoms with Crippen molar-refractivity contribution in [3.63, 3.8) is 0 Å². The highest BCUT2D eigenvalue weighted by atomic mass is 19.4. The molecule has 0 aliphatic carbocycles. The molecule has 140 valence electrons. The summed E-state index contributed by atoms with van der Waals surface area (Å²) in [5, 5.41) is 15.5. The highest BCUT2D eigenvalue weighted by Gasteiger charge is 2.30. The van der Waals surface area contributed by atoms with E-state index in [0.29, 0.717) is 16.8 Å². The second kappa shape index (κ2) is 7.59. The van der Waals surface area contributed by atoms with Crippen LogP contribution in [0.2, 0.25) is 0 Å². The van der Waals surface area contributed by atoms with Crippen molar-refractivity contribution in [1.82, 2.24) is 15.1 Å². The molecule has 0 radical (unpaired) electrons. The molecule has 0 saturated heterocycles. The Morgan fingerprint density at radius 3 is 2.38 bits per heavy atom. The summed E-state index contributed by atoms with van der Waals surface area (Å²) >= 11 is 0. The second-order valence-electron chi connectivity index (χ2n) is 5.85. The van der Waals surface area contributed by atoms with Crippen molar-refractivity contribution in [2.24, 2.45) is 0 Å². The summed E-state index contributed by atoms with van der Waals surface area (Å²) in [5.74, 6) is -1.84. The minimum Gasteiger partial charge on any atom is -0.479 e. The number of halogens is 3. The maximum atomic E-state index is 12.6. The third-order valence-corrected chi connectivity index (χ3v) is 3.88. The van der Waals surface area contributed by atoms with Gasteiger partial charge in [-0.15, -0.1) is 0 Å². The van der Waals surface area contributed by atoms with Crippen LogP contribution in [0, 0.1) is 13.8 Å². The molecule has 0 unspecified atom stereocenters. The second-order valence-corrected chi connectivity index (χ2v) is 5.85. The lowest BCUT2D eigenvalue weighted by atomic mass is 10.1. The van der Waals surface area contributed by atoms with Gasteiger partial charge in [0.1, 0.15) is 6.54 Å². The van der Waals surface area contributed by atoms with E-state index in [9.17, 15) is 27.9 Å². The number of aromatic nitrogens is 2. The lowest BCUT2D eigenvalue weighted by molar-refractivity contribution is -0.143. The van der Waals surface area contributed by atoms with E-state index < -0.39 is 30.6 Å². The van der Waals surface area contributed by atoms with Crippen LogP contribution in [0.5, 0.6) is 0 Å². The number of carboxylic acid groups (broad SMARTS) is 1. The van der Waals surface area contributed by atoms with Gasteiger partial charge in [0.15, 0.2) is 6.04 Å². The summed E-state index contributed by atoms with van der Waals surface area (Å²) < 4.78 is 38.5. The number of aliphatic carboxylic acids is 1. The van der Waals surface area contributed by atoms with Crippen LogP contribution in [-0.2, 0) is 22.6 Å². The Hall–Kier alpha value is -2.84. The Balaban J connectivity index is 2.15. The molecule has 1 amide bonds. The zero-order chi connectivity index (χ0) is 19.5. The zero-order valence-corrected chi connectivity index (χ0v) is 14.2. The fraction of sp³-hybridized carbons (Fsp3) is 0.353. The van der Waals surface area contributed by atoms with Crippen molar-refractivity contribution in [3.8, 4) is 0 Å². The summed E-state index contributed by atoms with van der Waals surface area (Å²) in [6.45, 7) is 1.71. The average Bonchev–Trinajstić information content (AvgIpc) is 2.79. The Bertz CT molecular complexity index is 801. The third kappa shape index (κ3) is 4.84. The highest BCUT2D eigenvalue weighted by molar-refractivity contribution is 5.86. The number of rotatable bonds is 6. The fourth-order valence-electron chi connectivity index (χ4n) is 2.62. The van der Waals surface area contributed by atoms with Crippen LogP contribution >= 0.6 is 0 Å². The van der Waals surface area contributed by atoms with Gasteiger partial charge < -0.3 is 10.4 Å². The number of carbonyl (C=O) groups is 2. The predicted octanol–water partition coefficient (Wildman–Crippen LogP) is 2.55. The summed E-state index contributed by atoms with van der Waals surface area (Å²) in [5.41, 5.74) is 1.27. The molecule has 9 heteroatoms. The molecule has 6 nitrogen and oxygen atoms in total. The van der Waals surface area contributed by atoms with E-state index in [1.165, 1.54) is 13.8 Å². The van der Waals surface area contributed by atoms with Crippen LogP contribution in [0.3, 0.4) is 0 Å². The molecule has 2 rings (SSSR count). The zero-order valence-electron chi connectivity index (χ0n) is 14.2. The monoisotopic (exact) mass is 369 g/mol. The predicted molar refractivity (Wildman–Crippen MR) is 86.4 cm³/mol. The number of hydrogen-bond acceptors (Lipinski definition) is 3. The Morgan fingerprint density at radius 2 is 1.85 bits per heavy atom. The molecule has 1 aromatic carbocycles. The Labute approximate surface area is 147 Å². The summed E-state index contributed by atoms with van der Waals surface area (Å²) in [4.78, 5) is 23.7. The van der Waals surface area contributed by atoms with E-state index in [0.717, 1.165) is 4.68 Å². The molecule has 0 spiro atoms. The van der Waals surface area contributed by atoms with Gasteiger partial charge in [0.2, 0.25) is 5.91 Å². The maximum absolute atomic E-state index is 12.6. The lowest BCUT2D eigenvalue weighted by Crippen LogP contribution is -2.34. The molecule has 26 heavy (non-hydrogen) atoms. The summed E-state index contributed by atoms with van der Waals surface area (Å²) in [7, 11) is 0. The molecule has 0 bridgehead atoms. The molecule has 1 heterocycles. The van der Waals surface area contributed by atoms with Crippen LogP contribution in [0.1, 0.15) is 28.6 Å². The SMILES string of the molecule is Cc1nn(CC(F)(F)F)c(C)c1CC(=O)N[C@@H](C(=O)O)c1ccccc1. The van der Waals surface area contributed by atoms with Crippen molar-refractivity contribution < 1.29 is 27.9 Å². The molecule has 1 aromatic heterocycles. The maximum Gasteiger partial charge on any atom is 0.408 e. The van der Waals surface area contributed by atoms with Crippen LogP contribution < -0.4 is 5.32 Å². The number of amides is 1. The lowest BCUT2D eigenvalue weighted by Gasteiger charge is -2.15. The van der Waals surface area contributed by atoms with E-state index >= 15 is 0 Å². The number of nitrogens with one attached hydrogen (secondary N) is 1. The highest BCUT2D eigenvalue weighted by Crippen LogP contribution is 2.21. The molecule has 0 saturated carbocycles. The molecule has 0 aliphatic rings. The van der Waals surface area contributed by atoms with Gasteiger partial charge in [-0.05, 0) is 19.4 Å². The third-order valence-electron chi connectivity index (χ3n) is 3.88. The van der Waals surface area contributed by atoms with Crippen LogP contribution in [-0.4, -0.2) is 32.9 Å². The van der Waals surface area contributed by atoms with E-state index in [-0.39, 0.29) is 12.1 Å². The minimum atomic E-state index is -4.43. The number of alkyl halides is 3. The normalized spacial score (nSPS) is 12.7. The number of hydrogen-bond donors (Lipinski definition) is 2. The van der Waals surface area contributed by atoms with Gasteiger partial charge in [-0.25, -0.2) is 4.79 Å². The van der Waals surface area contributed by atoms with Crippen LogP contribution in [0.15, 0.2) is 30.3 Å². The first-order chi connectivity index (χ1) is 12.1. The molecular weight excluding hydrogens is 351 g/mol. The molecule has 2 aromatic rings. The van der Waals surface area contributed by atoms with Crippen LogP contribution in [0.4, 0.5) is 13.2 Å². The van der Waals surface area contributed by atoms with Crippen molar-refractivity contribution in [2.45, 2.75) is 39.0 Å². The van der Waals surface area contributed by atoms with Gasteiger partial charge in [-0.3, -0.25) is 9.48 Å². The van der Waals surface area contributed by atoms with Crippen molar-refractivity contribution in [1.29, 1.82) is 0 Å². The van der Waals surface area contributed by atoms with E-state index in [1.54, 1.807) is 30.3 Å². The first kappa shape index (κ1) is 19.5. The number of carboxylic acids is 1. The first-order valence-electron chi connectivity index (χ1n) is 7.75. The van der Waals surface area contributed by atoms with Crippen LogP contribution in [0.25, 0.3) is 0 Å². The Kier molecular flexibility index (Phi) is 5.69. The number of nitrogens with zero attached hydrogens (tertiary/aromatic N) is 2. The quantitative estimate of drug-likeness (QED) is 0.820. The molecule has 0 aliphatic heterocycles. The van der Waals surface area contributed by atoms with E-state index in [4.69, 9.17) is 0 Å². The van der Waals surface area contributed by atoms with Gasteiger partial charge in [0.25, 0.3) is 0 Å². The van der Waals surface area contributed by atoms with Gasteiger partial charge in [0.05, 0.1) is 12.1 Å². The average molecular weight is 369 g/mol. The van der Waals surface area contributed by atoms with E-state index in [1.807, 2.05) is 0 Å².